The molecule has 3 aromatic rings. The summed E-state index contributed by atoms with van der Waals surface area (Å²) in [6, 6.07) is 5.31. The molecule has 195 valence electrons. The molecule has 1 aliphatic heterocycles. The number of carbonyl (C=O) groups excluding carboxylic acids is 1. The van der Waals surface area contributed by atoms with Gasteiger partial charge in [-0.1, -0.05) is 19.0 Å². The van der Waals surface area contributed by atoms with Crippen molar-refractivity contribution in [2.45, 2.75) is 44.6 Å². The van der Waals surface area contributed by atoms with Crippen molar-refractivity contribution in [2.24, 2.45) is 0 Å². The number of aromatic nitrogens is 3. The van der Waals surface area contributed by atoms with Crippen LogP contribution in [0, 0.1) is 0 Å². The molecule has 5 rings (SSSR count). The van der Waals surface area contributed by atoms with E-state index in [9.17, 15) is 14.7 Å². The van der Waals surface area contributed by atoms with Crippen LogP contribution < -0.4 is 15.4 Å². The molecule has 0 atom stereocenters. The molecule has 11 nitrogen and oxygen atoms in total. The van der Waals surface area contributed by atoms with Crippen LogP contribution in [0.25, 0.3) is 11.5 Å². The SMILES string of the molecule is COc1cc(C(=O)NC2CCN(C)CC2)ccc1Nc1ncc2c(n1)-c1onc(C(=O)O)c1CC2(C)C.[K]. The third-order valence-corrected chi connectivity index (χ3v) is 7.11. The third-order valence-electron chi connectivity index (χ3n) is 7.11. The van der Waals surface area contributed by atoms with Gasteiger partial charge in [0.25, 0.3) is 5.91 Å². The van der Waals surface area contributed by atoms with Crippen molar-refractivity contribution < 1.29 is 24.0 Å². The molecule has 3 N–H and O–H groups in total. The maximum absolute atomic E-state index is 12.8. The first-order valence-corrected chi connectivity index (χ1v) is 12.2. The van der Waals surface area contributed by atoms with Gasteiger partial charge in [-0.25, -0.2) is 14.8 Å². The fourth-order valence-corrected chi connectivity index (χ4v) is 4.95. The number of hydrogen-bond acceptors (Lipinski definition) is 9. The Hall–Kier alpha value is -2.35. The van der Waals surface area contributed by atoms with Gasteiger partial charge >= 0.3 is 5.97 Å². The van der Waals surface area contributed by atoms with Crippen molar-refractivity contribution in [2.75, 3.05) is 32.6 Å². The minimum absolute atomic E-state index is 0. The van der Waals surface area contributed by atoms with Crippen molar-refractivity contribution in [3.05, 3.63) is 46.8 Å². The second-order valence-electron chi connectivity index (χ2n) is 10.3. The van der Waals surface area contributed by atoms with Crippen LogP contribution >= 0.6 is 0 Å². The largest absolute Gasteiger partial charge is 0.495 e. The summed E-state index contributed by atoms with van der Waals surface area (Å²) in [7, 11) is 3.61. The van der Waals surface area contributed by atoms with E-state index in [0.29, 0.717) is 40.4 Å². The topological polar surface area (TPSA) is 143 Å². The van der Waals surface area contributed by atoms with Crippen LogP contribution in [0.1, 0.15) is 58.7 Å². The van der Waals surface area contributed by atoms with Crippen LogP contribution in [-0.2, 0) is 11.8 Å². The van der Waals surface area contributed by atoms with Crippen LogP contribution in [0.4, 0.5) is 11.6 Å². The first kappa shape index (κ1) is 28.6. The molecule has 1 aliphatic carbocycles. The van der Waals surface area contributed by atoms with Gasteiger partial charge in [-0.05, 0) is 63.0 Å². The molecule has 1 radical (unpaired) electrons. The van der Waals surface area contributed by atoms with E-state index < -0.39 is 11.4 Å². The zero-order valence-electron chi connectivity index (χ0n) is 22.3. The second-order valence-corrected chi connectivity index (χ2v) is 10.3. The summed E-state index contributed by atoms with van der Waals surface area (Å²) in [5, 5.41) is 19.5. The first-order chi connectivity index (χ1) is 17.7. The first-order valence-electron chi connectivity index (χ1n) is 12.2. The monoisotopic (exact) mass is 545 g/mol. The molecule has 0 spiro atoms. The predicted octanol–water partition coefficient (Wildman–Crippen LogP) is 2.86. The molecule has 2 aromatic heterocycles. The number of benzene rings is 1. The average molecular weight is 546 g/mol. The second kappa shape index (κ2) is 11.4. The normalized spacial score (nSPS) is 16.5. The number of nitrogens with one attached hydrogen (secondary N) is 2. The number of anilines is 2. The number of piperidine rings is 1. The van der Waals surface area contributed by atoms with Crippen molar-refractivity contribution in [3.8, 4) is 17.2 Å². The van der Waals surface area contributed by atoms with E-state index in [-0.39, 0.29) is 75.0 Å². The van der Waals surface area contributed by atoms with E-state index in [1.165, 1.54) is 7.11 Å². The smallest absolute Gasteiger partial charge is 0.358 e. The minimum atomic E-state index is -1.14. The minimum Gasteiger partial charge on any atom is -0.495 e. The Morgan fingerprint density at radius 2 is 1.97 bits per heavy atom. The number of carboxylic acids is 1. The van der Waals surface area contributed by atoms with E-state index in [1.807, 2.05) is 13.8 Å². The van der Waals surface area contributed by atoms with E-state index in [1.54, 1.807) is 24.4 Å². The molecule has 1 amide bonds. The summed E-state index contributed by atoms with van der Waals surface area (Å²) < 4.78 is 11.0. The number of amides is 1. The van der Waals surface area contributed by atoms with Crippen LogP contribution in [0.15, 0.2) is 28.9 Å². The van der Waals surface area contributed by atoms with Gasteiger partial charge in [0.2, 0.25) is 5.95 Å². The number of ether oxygens (including phenoxy) is 1. The van der Waals surface area contributed by atoms with Gasteiger partial charge in [0.1, 0.15) is 11.4 Å². The summed E-state index contributed by atoms with van der Waals surface area (Å²) in [5.41, 5.74) is 2.43. The van der Waals surface area contributed by atoms with E-state index >= 15 is 0 Å². The molecule has 0 bridgehead atoms. The van der Waals surface area contributed by atoms with Crippen LogP contribution in [-0.4, -0.2) is 122 Å². The number of rotatable bonds is 6. The third kappa shape index (κ3) is 5.65. The van der Waals surface area contributed by atoms with Crippen LogP contribution in [0.3, 0.4) is 0 Å². The van der Waals surface area contributed by atoms with Gasteiger partial charge < -0.3 is 29.9 Å². The number of carboxylic acid groups (broad SMARTS) is 1. The van der Waals surface area contributed by atoms with Crippen molar-refractivity contribution in [1.82, 2.24) is 25.3 Å². The number of aromatic carboxylic acids is 1. The number of hydrogen-bond donors (Lipinski definition) is 3. The maximum Gasteiger partial charge on any atom is 0.358 e. The van der Waals surface area contributed by atoms with E-state index in [2.05, 4.69) is 37.7 Å². The van der Waals surface area contributed by atoms with Gasteiger partial charge in [-0.15, -0.1) is 0 Å². The summed E-state index contributed by atoms with van der Waals surface area (Å²) in [4.78, 5) is 35.8. The number of carbonyl (C=O) groups is 2. The fourth-order valence-electron chi connectivity index (χ4n) is 4.95. The van der Waals surface area contributed by atoms with Gasteiger partial charge in [0.15, 0.2) is 11.5 Å². The summed E-state index contributed by atoms with van der Waals surface area (Å²) in [5.74, 6) is -0.200. The zero-order valence-corrected chi connectivity index (χ0v) is 25.4. The van der Waals surface area contributed by atoms with Gasteiger partial charge in [0, 0.05) is 80.3 Å². The molecule has 2 aliphatic rings. The predicted molar refractivity (Wildman–Crippen MR) is 141 cm³/mol. The number of fused-ring (bicyclic) bond motifs is 3. The summed E-state index contributed by atoms with van der Waals surface area (Å²) >= 11 is 0. The Bertz CT molecular complexity index is 1370. The Labute approximate surface area is 263 Å². The van der Waals surface area contributed by atoms with Gasteiger partial charge in [-0.3, -0.25) is 4.79 Å². The van der Waals surface area contributed by atoms with Crippen molar-refractivity contribution in [1.29, 1.82) is 0 Å². The Kier molecular flexibility index (Phi) is 8.60. The molecular formula is C26H30KN6O5. The number of nitrogens with zero attached hydrogens (tertiary/aromatic N) is 4. The van der Waals surface area contributed by atoms with Gasteiger partial charge in [0.05, 0.1) is 12.8 Å². The number of likely N-dealkylation sites (tertiary alicyclic amines) is 1. The molecule has 1 fully saturated rings. The van der Waals surface area contributed by atoms with Crippen LogP contribution in [0.5, 0.6) is 5.75 Å². The van der Waals surface area contributed by atoms with Crippen molar-refractivity contribution >= 4 is 74.9 Å². The summed E-state index contributed by atoms with van der Waals surface area (Å²) in [6.07, 6.45) is 4.01. The molecule has 1 saturated heterocycles. The zero-order chi connectivity index (χ0) is 26.3. The average Bonchev–Trinajstić information content (AvgIpc) is 3.29. The number of methoxy groups -OCH3 is 1. The summed E-state index contributed by atoms with van der Waals surface area (Å²) in [6.45, 7) is 5.93. The van der Waals surface area contributed by atoms with Crippen molar-refractivity contribution in [3.63, 3.8) is 0 Å². The Morgan fingerprint density at radius 1 is 1.24 bits per heavy atom. The van der Waals surface area contributed by atoms with Gasteiger partial charge in [-0.2, -0.15) is 0 Å². The molecule has 38 heavy (non-hydrogen) atoms. The fraction of sp³-hybridized carbons (Fsp3) is 0.423. The van der Waals surface area contributed by atoms with E-state index in [4.69, 9.17) is 9.26 Å². The molecule has 0 unspecified atom stereocenters. The van der Waals surface area contributed by atoms with E-state index in [0.717, 1.165) is 31.5 Å². The molecule has 3 heterocycles. The quantitative estimate of drug-likeness (QED) is 0.396. The molecule has 1 aromatic carbocycles. The molecular weight excluding hydrogens is 515 g/mol. The maximum atomic E-state index is 12.8. The standard InChI is InChI=1S/C26H30N6O5.K/c1-26(2)12-16-20(24(34)35)31-37-22(16)21-17(26)13-27-25(30-21)29-18-6-5-14(11-19(18)36-4)23(33)28-15-7-9-32(3)10-8-15;/h5-6,11,13,15H,7-10,12H2,1-4H3,(H,28,33)(H,34,35)(H,27,29,30);. The molecule has 0 saturated carbocycles. The molecule has 12 heteroatoms. The Balaban J connectivity index is 0.00000336. The van der Waals surface area contributed by atoms with Crippen LogP contribution in [0.2, 0.25) is 0 Å². The Morgan fingerprint density at radius 3 is 2.66 bits per heavy atom.